The van der Waals surface area contributed by atoms with Gasteiger partial charge in [-0.25, -0.2) is 9.59 Å². The van der Waals surface area contributed by atoms with Crippen LogP contribution >= 0.6 is 11.6 Å². The van der Waals surface area contributed by atoms with Crippen LogP contribution < -0.4 is 5.32 Å². The lowest BCUT2D eigenvalue weighted by Gasteiger charge is -2.33. The fourth-order valence-electron chi connectivity index (χ4n) is 1.84. The highest BCUT2D eigenvalue weighted by Gasteiger charge is 2.23. The largest absolute Gasteiger partial charge is 0.465 e. The molecule has 7 heteroatoms. The highest BCUT2D eigenvalue weighted by Crippen LogP contribution is 2.14. The van der Waals surface area contributed by atoms with E-state index in [1.807, 2.05) is 0 Å². The molecule has 0 spiro atoms. The SMILES string of the molecule is O=C(O)N1CCN(C(=O)Nc2ccc(Cl)cc2)CC1. The smallest absolute Gasteiger partial charge is 0.407 e. The molecule has 0 atom stereocenters. The van der Waals surface area contributed by atoms with E-state index in [0.717, 1.165) is 0 Å². The summed E-state index contributed by atoms with van der Waals surface area (Å²) in [5.74, 6) is 0. The summed E-state index contributed by atoms with van der Waals surface area (Å²) in [6.45, 7) is 1.46. The predicted octanol–water partition coefficient (Wildman–Crippen LogP) is 2.17. The van der Waals surface area contributed by atoms with E-state index in [1.54, 1.807) is 29.2 Å². The van der Waals surface area contributed by atoms with Crippen molar-refractivity contribution in [2.24, 2.45) is 0 Å². The van der Waals surface area contributed by atoms with Gasteiger partial charge in [0.05, 0.1) is 0 Å². The summed E-state index contributed by atoms with van der Waals surface area (Å²) >= 11 is 5.76. The number of amides is 3. The Morgan fingerprint density at radius 1 is 1.05 bits per heavy atom. The highest BCUT2D eigenvalue weighted by molar-refractivity contribution is 6.30. The molecule has 0 aromatic heterocycles. The van der Waals surface area contributed by atoms with Crippen LogP contribution in [0.2, 0.25) is 5.02 Å². The number of hydrogen-bond donors (Lipinski definition) is 2. The molecule has 0 unspecified atom stereocenters. The van der Waals surface area contributed by atoms with Gasteiger partial charge < -0.3 is 20.2 Å². The molecule has 6 nitrogen and oxygen atoms in total. The van der Waals surface area contributed by atoms with E-state index in [2.05, 4.69) is 5.32 Å². The quantitative estimate of drug-likeness (QED) is 0.829. The van der Waals surface area contributed by atoms with E-state index >= 15 is 0 Å². The Kier molecular flexibility index (Phi) is 4.11. The van der Waals surface area contributed by atoms with Crippen LogP contribution in [0.5, 0.6) is 0 Å². The second kappa shape index (κ2) is 5.79. The van der Waals surface area contributed by atoms with Crippen LogP contribution in [0, 0.1) is 0 Å². The van der Waals surface area contributed by atoms with Gasteiger partial charge in [0.2, 0.25) is 0 Å². The number of carbonyl (C=O) groups excluding carboxylic acids is 1. The van der Waals surface area contributed by atoms with Gasteiger partial charge in [0.15, 0.2) is 0 Å². The molecule has 1 aliphatic rings. The van der Waals surface area contributed by atoms with Gasteiger partial charge in [-0.2, -0.15) is 0 Å². The molecule has 19 heavy (non-hydrogen) atoms. The summed E-state index contributed by atoms with van der Waals surface area (Å²) in [6.07, 6.45) is -0.947. The minimum Gasteiger partial charge on any atom is -0.465 e. The maximum absolute atomic E-state index is 11.9. The third-order valence-electron chi connectivity index (χ3n) is 2.93. The lowest BCUT2D eigenvalue weighted by Crippen LogP contribution is -2.51. The van der Waals surface area contributed by atoms with Crippen LogP contribution in [0.3, 0.4) is 0 Å². The summed E-state index contributed by atoms with van der Waals surface area (Å²) in [7, 11) is 0. The molecule has 0 aliphatic carbocycles. The summed E-state index contributed by atoms with van der Waals surface area (Å²) in [5.41, 5.74) is 0.662. The molecule has 3 amide bonds. The zero-order chi connectivity index (χ0) is 13.8. The second-order valence-electron chi connectivity index (χ2n) is 4.19. The molecule has 2 rings (SSSR count). The number of hydrogen-bond acceptors (Lipinski definition) is 2. The summed E-state index contributed by atoms with van der Waals surface area (Å²) in [5, 5.41) is 12.2. The highest BCUT2D eigenvalue weighted by atomic mass is 35.5. The number of carboxylic acid groups (broad SMARTS) is 1. The molecule has 1 saturated heterocycles. The fraction of sp³-hybridized carbons (Fsp3) is 0.333. The van der Waals surface area contributed by atoms with Crippen molar-refractivity contribution in [1.82, 2.24) is 9.80 Å². The van der Waals surface area contributed by atoms with Gasteiger partial charge in [-0.15, -0.1) is 0 Å². The summed E-state index contributed by atoms with van der Waals surface area (Å²) in [4.78, 5) is 25.6. The monoisotopic (exact) mass is 283 g/mol. The third kappa shape index (κ3) is 3.51. The third-order valence-corrected chi connectivity index (χ3v) is 3.18. The Balaban J connectivity index is 1.88. The van der Waals surface area contributed by atoms with E-state index in [9.17, 15) is 9.59 Å². The van der Waals surface area contributed by atoms with Gasteiger partial charge in [0, 0.05) is 36.9 Å². The van der Waals surface area contributed by atoms with Crippen molar-refractivity contribution < 1.29 is 14.7 Å². The number of benzene rings is 1. The van der Waals surface area contributed by atoms with Gasteiger partial charge in [-0.3, -0.25) is 0 Å². The van der Waals surface area contributed by atoms with E-state index in [1.165, 1.54) is 4.90 Å². The molecule has 1 aromatic rings. The van der Waals surface area contributed by atoms with Gasteiger partial charge in [0.25, 0.3) is 0 Å². The molecule has 0 bridgehead atoms. The molecular weight excluding hydrogens is 270 g/mol. The van der Waals surface area contributed by atoms with Crippen molar-refractivity contribution in [2.45, 2.75) is 0 Å². The zero-order valence-corrected chi connectivity index (χ0v) is 10.9. The minimum atomic E-state index is -0.947. The van der Waals surface area contributed by atoms with Gasteiger partial charge in [0.1, 0.15) is 0 Å². The Morgan fingerprint density at radius 3 is 2.11 bits per heavy atom. The molecule has 102 valence electrons. The normalized spacial score (nSPS) is 15.2. The van der Waals surface area contributed by atoms with Crippen molar-refractivity contribution in [1.29, 1.82) is 0 Å². The fourth-order valence-corrected chi connectivity index (χ4v) is 1.96. The first-order valence-electron chi connectivity index (χ1n) is 5.85. The average molecular weight is 284 g/mol. The molecule has 0 radical (unpaired) electrons. The molecular formula is C12H14ClN3O3. The molecule has 2 N–H and O–H groups in total. The van der Waals surface area contributed by atoms with E-state index in [0.29, 0.717) is 36.9 Å². The van der Waals surface area contributed by atoms with Gasteiger partial charge >= 0.3 is 12.1 Å². The number of anilines is 1. The number of nitrogens with one attached hydrogen (secondary N) is 1. The zero-order valence-electron chi connectivity index (χ0n) is 10.2. The molecule has 1 fully saturated rings. The number of piperazine rings is 1. The van der Waals surface area contributed by atoms with Crippen molar-refractivity contribution in [3.63, 3.8) is 0 Å². The number of rotatable bonds is 1. The van der Waals surface area contributed by atoms with Gasteiger partial charge in [-0.1, -0.05) is 11.6 Å². The van der Waals surface area contributed by atoms with Crippen LogP contribution in [0.1, 0.15) is 0 Å². The number of nitrogens with zero attached hydrogens (tertiary/aromatic N) is 2. The Labute approximate surface area is 115 Å². The maximum atomic E-state index is 11.9. The standard InChI is InChI=1S/C12H14ClN3O3/c13-9-1-3-10(4-2-9)14-11(17)15-5-7-16(8-6-15)12(18)19/h1-4H,5-8H2,(H,14,17)(H,18,19). The first-order chi connectivity index (χ1) is 9.06. The molecule has 1 heterocycles. The summed E-state index contributed by atoms with van der Waals surface area (Å²) in [6, 6.07) is 6.59. The lowest BCUT2D eigenvalue weighted by atomic mass is 10.3. The van der Waals surface area contributed by atoms with Crippen molar-refractivity contribution in [3.8, 4) is 0 Å². The van der Waals surface area contributed by atoms with Crippen molar-refractivity contribution in [2.75, 3.05) is 31.5 Å². The van der Waals surface area contributed by atoms with Crippen LogP contribution in [0.15, 0.2) is 24.3 Å². The van der Waals surface area contributed by atoms with E-state index < -0.39 is 6.09 Å². The first-order valence-corrected chi connectivity index (χ1v) is 6.23. The van der Waals surface area contributed by atoms with Crippen molar-refractivity contribution >= 4 is 29.4 Å². The predicted molar refractivity (Wildman–Crippen MR) is 71.6 cm³/mol. The second-order valence-corrected chi connectivity index (χ2v) is 4.63. The maximum Gasteiger partial charge on any atom is 0.407 e. The Hall–Kier alpha value is -1.95. The molecule has 1 aliphatic heterocycles. The van der Waals surface area contributed by atoms with Crippen LogP contribution in [0.4, 0.5) is 15.3 Å². The van der Waals surface area contributed by atoms with Crippen molar-refractivity contribution in [3.05, 3.63) is 29.3 Å². The average Bonchev–Trinajstić information content (AvgIpc) is 2.41. The lowest BCUT2D eigenvalue weighted by molar-refractivity contribution is 0.115. The number of halogens is 1. The molecule has 0 saturated carbocycles. The molecule has 1 aromatic carbocycles. The Bertz CT molecular complexity index is 470. The number of urea groups is 1. The summed E-state index contributed by atoms with van der Waals surface area (Å²) < 4.78 is 0. The first kappa shape index (κ1) is 13.5. The van der Waals surface area contributed by atoms with Gasteiger partial charge in [-0.05, 0) is 24.3 Å². The van der Waals surface area contributed by atoms with Crippen LogP contribution in [0.25, 0.3) is 0 Å². The minimum absolute atomic E-state index is 0.229. The topological polar surface area (TPSA) is 72.9 Å². The Morgan fingerprint density at radius 2 is 1.58 bits per heavy atom. The van der Waals surface area contributed by atoms with E-state index in [4.69, 9.17) is 16.7 Å². The van der Waals surface area contributed by atoms with E-state index in [-0.39, 0.29) is 6.03 Å². The van der Waals surface area contributed by atoms with Crippen LogP contribution in [-0.2, 0) is 0 Å². The van der Waals surface area contributed by atoms with Crippen LogP contribution in [-0.4, -0.2) is 53.2 Å². The number of carbonyl (C=O) groups is 2.